The summed E-state index contributed by atoms with van der Waals surface area (Å²) in [5.41, 5.74) is 9.15. The van der Waals surface area contributed by atoms with Gasteiger partial charge in [-0.25, -0.2) is 0 Å². The fourth-order valence-electron chi connectivity index (χ4n) is 3.42. The molecule has 1 saturated carbocycles. The van der Waals surface area contributed by atoms with Crippen LogP contribution >= 0.6 is 0 Å². The van der Waals surface area contributed by atoms with Crippen LogP contribution in [0.15, 0.2) is 18.2 Å². The van der Waals surface area contributed by atoms with Gasteiger partial charge in [0.1, 0.15) is 0 Å². The van der Waals surface area contributed by atoms with Gasteiger partial charge >= 0.3 is 0 Å². The van der Waals surface area contributed by atoms with E-state index in [0.29, 0.717) is 12.6 Å². The zero-order valence-corrected chi connectivity index (χ0v) is 11.9. The molecule has 1 aliphatic carbocycles. The maximum atomic E-state index is 12.2. The molecule has 0 aromatic heterocycles. The Morgan fingerprint density at radius 1 is 1.30 bits per heavy atom. The van der Waals surface area contributed by atoms with Crippen molar-refractivity contribution in [1.29, 1.82) is 0 Å². The largest absolute Gasteiger partial charge is 0.397 e. The van der Waals surface area contributed by atoms with Gasteiger partial charge in [0.05, 0.1) is 17.9 Å². The molecule has 1 heterocycles. The molecule has 1 aliphatic heterocycles. The molecular weight excluding hydrogens is 250 g/mol. The second-order valence-corrected chi connectivity index (χ2v) is 5.93. The molecule has 1 aromatic rings. The smallest absolute Gasteiger partial charge is 0.239 e. The number of nitrogens with one attached hydrogen (secondary N) is 1. The van der Waals surface area contributed by atoms with Gasteiger partial charge in [0.2, 0.25) is 5.91 Å². The van der Waals surface area contributed by atoms with E-state index in [9.17, 15) is 4.79 Å². The average molecular weight is 273 g/mol. The zero-order valence-electron chi connectivity index (χ0n) is 11.9. The van der Waals surface area contributed by atoms with Crippen molar-refractivity contribution in [2.45, 2.75) is 44.6 Å². The molecule has 108 valence electrons. The minimum absolute atomic E-state index is 0.132. The zero-order chi connectivity index (χ0) is 13.9. The molecule has 0 bridgehead atoms. The number of anilines is 2. The minimum atomic E-state index is 0.132. The number of carbonyl (C=O) groups excluding carboxylic acids is 1. The second-order valence-electron chi connectivity index (χ2n) is 5.93. The third-order valence-electron chi connectivity index (χ3n) is 4.42. The van der Waals surface area contributed by atoms with E-state index in [1.807, 2.05) is 12.1 Å². The Bertz CT molecular complexity index is 494. The summed E-state index contributed by atoms with van der Waals surface area (Å²) in [5.74, 6) is 0.132. The fraction of sp³-hybridized carbons (Fsp3) is 0.562. The lowest BCUT2D eigenvalue weighted by Crippen LogP contribution is -2.42. The number of rotatable bonds is 3. The van der Waals surface area contributed by atoms with Crippen molar-refractivity contribution < 1.29 is 4.79 Å². The Hall–Kier alpha value is -1.71. The van der Waals surface area contributed by atoms with Gasteiger partial charge in [0.25, 0.3) is 0 Å². The highest BCUT2D eigenvalue weighted by atomic mass is 16.2. The fourth-order valence-corrected chi connectivity index (χ4v) is 3.42. The number of hydrogen-bond acceptors (Lipinski definition) is 3. The van der Waals surface area contributed by atoms with Crippen LogP contribution in [0.1, 0.15) is 37.7 Å². The number of nitrogens with two attached hydrogens (primary N) is 1. The molecule has 4 nitrogen and oxygen atoms in total. The SMILES string of the molecule is Nc1cccc2c1N(CC(=O)NC1CCCCC1)CC2. The average Bonchev–Trinajstić information content (AvgIpc) is 2.84. The number of fused-ring (bicyclic) bond motifs is 1. The standard InChI is InChI=1S/C16H23N3O/c17-14-8-4-5-12-9-10-19(16(12)14)11-15(20)18-13-6-2-1-3-7-13/h4-5,8,13H,1-3,6-7,9-11,17H2,(H,18,20). The van der Waals surface area contributed by atoms with Crippen LogP contribution in [-0.4, -0.2) is 25.0 Å². The maximum absolute atomic E-state index is 12.2. The molecule has 20 heavy (non-hydrogen) atoms. The predicted molar refractivity (Wildman–Crippen MR) is 81.8 cm³/mol. The van der Waals surface area contributed by atoms with E-state index in [4.69, 9.17) is 5.73 Å². The molecule has 0 atom stereocenters. The van der Waals surface area contributed by atoms with Crippen LogP contribution in [0.25, 0.3) is 0 Å². The van der Waals surface area contributed by atoms with Crippen molar-refractivity contribution >= 4 is 17.3 Å². The molecule has 3 rings (SSSR count). The second kappa shape index (κ2) is 5.73. The van der Waals surface area contributed by atoms with Crippen molar-refractivity contribution in [2.24, 2.45) is 0 Å². The molecule has 1 amide bonds. The van der Waals surface area contributed by atoms with Crippen LogP contribution in [0.2, 0.25) is 0 Å². The normalized spacial score (nSPS) is 18.9. The Labute approximate surface area is 120 Å². The maximum Gasteiger partial charge on any atom is 0.239 e. The Balaban J connectivity index is 1.60. The quantitative estimate of drug-likeness (QED) is 0.829. The Morgan fingerprint density at radius 3 is 2.90 bits per heavy atom. The summed E-state index contributed by atoms with van der Waals surface area (Å²) in [7, 11) is 0. The monoisotopic (exact) mass is 273 g/mol. The van der Waals surface area contributed by atoms with E-state index >= 15 is 0 Å². The molecule has 2 aliphatic rings. The lowest BCUT2D eigenvalue weighted by molar-refractivity contribution is -0.120. The molecule has 1 aromatic carbocycles. The van der Waals surface area contributed by atoms with Crippen molar-refractivity contribution in [1.82, 2.24) is 5.32 Å². The van der Waals surface area contributed by atoms with E-state index in [1.165, 1.54) is 24.8 Å². The Kier molecular flexibility index (Phi) is 3.81. The van der Waals surface area contributed by atoms with E-state index in [2.05, 4.69) is 16.3 Å². The van der Waals surface area contributed by atoms with Gasteiger partial charge in [-0.15, -0.1) is 0 Å². The molecule has 0 spiro atoms. The number of para-hydroxylation sites is 1. The lowest BCUT2D eigenvalue weighted by Gasteiger charge is -2.25. The Morgan fingerprint density at radius 2 is 2.10 bits per heavy atom. The summed E-state index contributed by atoms with van der Waals surface area (Å²) in [6.07, 6.45) is 7.03. The summed E-state index contributed by atoms with van der Waals surface area (Å²) in [4.78, 5) is 14.3. The topological polar surface area (TPSA) is 58.4 Å². The lowest BCUT2D eigenvalue weighted by atomic mass is 9.95. The van der Waals surface area contributed by atoms with E-state index in [-0.39, 0.29) is 5.91 Å². The molecule has 4 heteroatoms. The van der Waals surface area contributed by atoms with E-state index < -0.39 is 0 Å². The highest BCUT2D eigenvalue weighted by Crippen LogP contribution is 2.33. The molecule has 0 radical (unpaired) electrons. The first-order valence-corrected chi connectivity index (χ1v) is 7.66. The van der Waals surface area contributed by atoms with E-state index in [0.717, 1.165) is 37.2 Å². The third-order valence-corrected chi connectivity index (χ3v) is 4.42. The van der Waals surface area contributed by atoms with Crippen molar-refractivity contribution in [3.8, 4) is 0 Å². The molecule has 0 saturated heterocycles. The van der Waals surface area contributed by atoms with Gasteiger partial charge in [-0.3, -0.25) is 4.79 Å². The summed E-state index contributed by atoms with van der Waals surface area (Å²) < 4.78 is 0. The summed E-state index contributed by atoms with van der Waals surface area (Å²) in [6, 6.07) is 6.38. The van der Waals surface area contributed by atoms with Crippen LogP contribution in [0.4, 0.5) is 11.4 Å². The highest BCUT2D eigenvalue weighted by Gasteiger charge is 2.24. The van der Waals surface area contributed by atoms with Crippen LogP contribution in [0.5, 0.6) is 0 Å². The summed E-state index contributed by atoms with van der Waals surface area (Å²) in [5, 5.41) is 3.17. The van der Waals surface area contributed by atoms with Gasteiger partial charge in [0.15, 0.2) is 0 Å². The molecular formula is C16H23N3O. The van der Waals surface area contributed by atoms with Crippen molar-refractivity contribution in [3.63, 3.8) is 0 Å². The number of carbonyl (C=O) groups is 1. The van der Waals surface area contributed by atoms with Crippen molar-refractivity contribution in [2.75, 3.05) is 23.7 Å². The third kappa shape index (κ3) is 2.74. The number of amides is 1. The number of nitrogen functional groups attached to an aromatic ring is 1. The van der Waals surface area contributed by atoms with Crippen molar-refractivity contribution in [3.05, 3.63) is 23.8 Å². The van der Waals surface area contributed by atoms with Gasteiger partial charge in [-0.05, 0) is 30.9 Å². The van der Waals surface area contributed by atoms with Crippen LogP contribution < -0.4 is 16.0 Å². The minimum Gasteiger partial charge on any atom is -0.397 e. The highest BCUT2D eigenvalue weighted by molar-refractivity contribution is 5.85. The number of hydrogen-bond donors (Lipinski definition) is 2. The molecule has 3 N–H and O–H groups in total. The van der Waals surface area contributed by atoms with Crippen LogP contribution in [0.3, 0.4) is 0 Å². The molecule has 0 unspecified atom stereocenters. The van der Waals surface area contributed by atoms with Gasteiger partial charge < -0.3 is 16.0 Å². The van der Waals surface area contributed by atoms with Gasteiger partial charge in [-0.1, -0.05) is 31.4 Å². The summed E-state index contributed by atoms with van der Waals surface area (Å²) in [6.45, 7) is 1.32. The predicted octanol–water partition coefficient (Wildman–Crippen LogP) is 2.08. The number of nitrogens with zero attached hydrogens (tertiary/aromatic N) is 1. The first-order chi connectivity index (χ1) is 9.74. The first-order valence-electron chi connectivity index (χ1n) is 7.66. The van der Waals surface area contributed by atoms with Gasteiger partial charge in [0, 0.05) is 12.6 Å². The van der Waals surface area contributed by atoms with Gasteiger partial charge in [-0.2, -0.15) is 0 Å². The van der Waals surface area contributed by atoms with Crippen LogP contribution in [0, 0.1) is 0 Å². The number of benzene rings is 1. The van der Waals surface area contributed by atoms with Crippen LogP contribution in [-0.2, 0) is 11.2 Å². The summed E-state index contributed by atoms with van der Waals surface area (Å²) >= 11 is 0. The van der Waals surface area contributed by atoms with E-state index in [1.54, 1.807) is 0 Å². The first kappa shape index (κ1) is 13.3. The molecule has 1 fully saturated rings.